The lowest BCUT2D eigenvalue weighted by Crippen LogP contribution is -2.66. The Morgan fingerprint density at radius 3 is 2.00 bits per heavy atom. The van der Waals surface area contributed by atoms with Gasteiger partial charge in [-0.25, -0.2) is 0 Å². The highest BCUT2D eigenvalue weighted by atomic mass is 16.3. The van der Waals surface area contributed by atoms with Crippen molar-refractivity contribution < 1.29 is 21.1 Å². The number of rotatable bonds is 5. The number of hydrogen-bond donors (Lipinski definition) is 4. The van der Waals surface area contributed by atoms with Crippen LogP contribution in [0.3, 0.4) is 0 Å². The third-order valence-electron chi connectivity index (χ3n) is 1.64. The lowest BCUT2D eigenvalue weighted by Gasteiger charge is -2.14. The zero-order chi connectivity index (χ0) is 7.98. The molecular weight excluding hydrogens is 134 g/mol. The molecule has 0 spiro atoms. The van der Waals surface area contributed by atoms with Crippen molar-refractivity contribution in [3.8, 4) is 0 Å². The van der Waals surface area contributed by atoms with E-state index in [9.17, 15) is 0 Å². The van der Waals surface area contributed by atoms with E-state index in [4.69, 9.17) is 15.3 Å². The van der Waals surface area contributed by atoms with Crippen LogP contribution in [0.15, 0.2) is 0 Å². The molecule has 0 aromatic rings. The molecule has 0 aromatic heterocycles. The molecular formula is C6H16NO3+. The zero-order valence-electron chi connectivity index (χ0n) is 6.03. The second-order valence-corrected chi connectivity index (χ2v) is 2.40. The summed E-state index contributed by atoms with van der Waals surface area (Å²) in [6.45, 7) is -0.0161. The van der Waals surface area contributed by atoms with Gasteiger partial charge in [0.05, 0.1) is 13.2 Å². The summed E-state index contributed by atoms with van der Waals surface area (Å²) in [5, 5.41) is 25.8. The molecule has 0 heterocycles. The Balaban J connectivity index is 3.56. The van der Waals surface area contributed by atoms with Gasteiger partial charge in [-0.2, -0.15) is 0 Å². The Labute approximate surface area is 60.3 Å². The molecule has 0 amide bonds. The summed E-state index contributed by atoms with van der Waals surface area (Å²) in [5.41, 5.74) is 3.63. The van der Waals surface area contributed by atoms with Crippen LogP contribution in [-0.2, 0) is 0 Å². The van der Waals surface area contributed by atoms with Crippen molar-refractivity contribution in [2.24, 2.45) is 5.92 Å². The van der Waals surface area contributed by atoms with Gasteiger partial charge < -0.3 is 21.1 Å². The smallest absolute Gasteiger partial charge is 0.113 e. The second-order valence-electron chi connectivity index (χ2n) is 2.40. The van der Waals surface area contributed by atoms with Crippen LogP contribution in [0.25, 0.3) is 0 Å². The molecule has 0 aliphatic rings. The fourth-order valence-corrected chi connectivity index (χ4v) is 0.791. The van der Waals surface area contributed by atoms with Gasteiger partial charge in [0.2, 0.25) is 0 Å². The van der Waals surface area contributed by atoms with Crippen LogP contribution in [0.2, 0.25) is 0 Å². The van der Waals surface area contributed by atoms with Crippen molar-refractivity contribution in [2.75, 3.05) is 19.8 Å². The van der Waals surface area contributed by atoms with Crippen molar-refractivity contribution in [1.82, 2.24) is 0 Å². The molecule has 10 heavy (non-hydrogen) atoms. The summed E-state index contributed by atoms with van der Waals surface area (Å²) in [7, 11) is 0. The number of aliphatic hydroxyl groups excluding tert-OH is 3. The first kappa shape index (κ1) is 9.84. The minimum atomic E-state index is -0.169. The average molecular weight is 150 g/mol. The van der Waals surface area contributed by atoms with E-state index in [2.05, 4.69) is 5.73 Å². The molecule has 0 aliphatic heterocycles. The lowest BCUT2D eigenvalue weighted by molar-refractivity contribution is -0.440. The first-order valence-corrected chi connectivity index (χ1v) is 3.42. The Morgan fingerprint density at radius 2 is 1.70 bits per heavy atom. The summed E-state index contributed by atoms with van der Waals surface area (Å²) < 4.78 is 0. The van der Waals surface area contributed by atoms with Crippen molar-refractivity contribution in [2.45, 2.75) is 12.5 Å². The highest BCUT2D eigenvalue weighted by Gasteiger charge is 2.18. The maximum atomic E-state index is 8.70. The van der Waals surface area contributed by atoms with Gasteiger partial charge in [-0.1, -0.05) is 0 Å². The molecule has 2 unspecified atom stereocenters. The number of hydrogen-bond acceptors (Lipinski definition) is 3. The first-order valence-electron chi connectivity index (χ1n) is 3.42. The molecule has 4 nitrogen and oxygen atoms in total. The minimum Gasteiger partial charge on any atom is -0.396 e. The van der Waals surface area contributed by atoms with Crippen LogP contribution in [0, 0.1) is 5.92 Å². The Kier molecular flexibility index (Phi) is 5.52. The predicted octanol–water partition coefficient (Wildman–Crippen LogP) is -2.42. The molecule has 0 aromatic carbocycles. The Bertz CT molecular complexity index is 79.4. The summed E-state index contributed by atoms with van der Waals surface area (Å²) in [6, 6.07) is -0.169. The van der Waals surface area contributed by atoms with Gasteiger partial charge in [0, 0.05) is 12.5 Å². The van der Waals surface area contributed by atoms with Crippen LogP contribution in [0.5, 0.6) is 0 Å². The molecule has 4 heteroatoms. The summed E-state index contributed by atoms with van der Waals surface area (Å²) in [4.78, 5) is 0. The lowest BCUT2D eigenvalue weighted by atomic mass is 9.99. The fraction of sp³-hybridized carbons (Fsp3) is 1.00. The van der Waals surface area contributed by atoms with Crippen molar-refractivity contribution >= 4 is 0 Å². The predicted molar refractivity (Wildman–Crippen MR) is 36.0 cm³/mol. The Morgan fingerprint density at radius 1 is 1.10 bits per heavy atom. The van der Waals surface area contributed by atoms with E-state index in [0.29, 0.717) is 6.42 Å². The van der Waals surface area contributed by atoms with Crippen molar-refractivity contribution in [3.63, 3.8) is 0 Å². The van der Waals surface area contributed by atoms with Crippen molar-refractivity contribution in [1.29, 1.82) is 0 Å². The van der Waals surface area contributed by atoms with E-state index in [1.807, 2.05) is 0 Å². The van der Waals surface area contributed by atoms with E-state index in [0.717, 1.165) is 0 Å². The molecule has 0 saturated carbocycles. The van der Waals surface area contributed by atoms with Gasteiger partial charge in [-0.3, -0.25) is 0 Å². The molecule has 0 radical (unpaired) electrons. The summed E-state index contributed by atoms with van der Waals surface area (Å²) in [5.74, 6) is -0.0741. The summed E-state index contributed by atoms with van der Waals surface area (Å²) in [6.07, 6.45) is 0.505. The van der Waals surface area contributed by atoms with Gasteiger partial charge >= 0.3 is 0 Å². The van der Waals surface area contributed by atoms with E-state index in [-0.39, 0.29) is 31.8 Å². The molecule has 0 aliphatic carbocycles. The largest absolute Gasteiger partial charge is 0.396 e. The monoisotopic (exact) mass is 150 g/mol. The first-order chi connectivity index (χ1) is 4.76. The molecule has 6 N–H and O–H groups in total. The second kappa shape index (κ2) is 5.61. The average Bonchev–Trinajstić information content (AvgIpc) is 1.99. The van der Waals surface area contributed by atoms with E-state index >= 15 is 0 Å². The van der Waals surface area contributed by atoms with Gasteiger partial charge in [0.25, 0.3) is 0 Å². The molecule has 0 fully saturated rings. The van der Waals surface area contributed by atoms with Gasteiger partial charge in [-0.05, 0) is 6.42 Å². The van der Waals surface area contributed by atoms with Crippen LogP contribution >= 0.6 is 0 Å². The Hall–Kier alpha value is -0.160. The standard InChI is InChI=1S/C6H15NO3/c7-6(4-10)5(3-9)1-2-8/h5-6,8-10H,1-4,7H2/p+1. The molecule has 0 saturated heterocycles. The summed E-state index contributed by atoms with van der Waals surface area (Å²) >= 11 is 0. The molecule has 62 valence electrons. The topological polar surface area (TPSA) is 88.3 Å². The van der Waals surface area contributed by atoms with Crippen LogP contribution in [0.4, 0.5) is 0 Å². The van der Waals surface area contributed by atoms with E-state index in [1.54, 1.807) is 0 Å². The number of quaternary nitrogens is 1. The van der Waals surface area contributed by atoms with E-state index in [1.165, 1.54) is 0 Å². The van der Waals surface area contributed by atoms with Gasteiger partial charge in [0.15, 0.2) is 0 Å². The highest BCUT2D eigenvalue weighted by molar-refractivity contribution is 4.64. The normalized spacial score (nSPS) is 16.8. The third-order valence-corrected chi connectivity index (χ3v) is 1.64. The van der Waals surface area contributed by atoms with E-state index < -0.39 is 0 Å². The van der Waals surface area contributed by atoms with Gasteiger partial charge in [0.1, 0.15) is 6.04 Å². The maximum absolute atomic E-state index is 8.70. The van der Waals surface area contributed by atoms with Crippen LogP contribution in [0.1, 0.15) is 6.42 Å². The van der Waals surface area contributed by atoms with Gasteiger partial charge in [-0.15, -0.1) is 0 Å². The van der Waals surface area contributed by atoms with Crippen molar-refractivity contribution in [3.05, 3.63) is 0 Å². The quantitative estimate of drug-likeness (QED) is 0.352. The number of aliphatic hydroxyl groups is 3. The van der Waals surface area contributed by atoms with Crippen LogP contribution < -0.4 is 5.73 Å². The van der Waals surface area contributed by atoms with Crippen LogP contribution in [-0.4, -0.2) is 41.2 Å². The molecule has 2 atom stereocenters. The third kappa shape index (κ3) is 3.12. The zero-order valence-corrected chi connectivity index (χ0v) is 6.03. The maximum Gasteiger partial charge on any atom is 0.113 e. The fourth-order valence-electron chi connectivity index (χ4n) is 0.791. The molecule has 0 bridgehead atoms. The molecule has 0 rings (SSSR count). The SMILES string of the molecule is [NH3+]C(CO)C(CO)CCO. The highest BCUT2D eigenvalue weighted by Crippen LogP contribution is 2.03. The minimum absolute atomic E-state index is 0.0186.